The van der Waals surface area contributed by atoms with E-state index in [1.165, 1.54) is 4.90 Å². The first-order valence-electron chi connectivity index (χ1n) is 6.48. The van der Waals surface area contributed by atoms with Crippen molar-refractivity contribution < 1.29 is 9.90 Å². The first kappa shape index (κ1) is 13.7. The second-order valence-corrected chi connectivity index (χ2v) is 5.26. The SMILES string of the molecule is Cc1nc(C(C)C)[nH]c(=O)c1C(=O)N1CCC(O)C1. The van der Waals surface area contributed by atoms with Crippen LogP contribution in [0.4, 0.5) is 0 Å². The summed E-state index contributed by atoms with van der Waals surface area (Å²) in [5.41, 5.74) is 0.125. The highest BCUT2D eigenvalue weighted by molar-refractivity contribution is 5.95. The maximum Gasteiger partial charge on any atom is 0.264 e. The largest absolute Gasteiger partial charge is 0.391 e. The molecular weight excluding hydrogens is 246 g/mol. The van der Waals surface area contributed by atoms with Gasteiger partial charge < -0.3 is 15.0 Å². The minimum absolute atomic E-state index is 0.0819. The molecule has 1 atom stereocenters. The van der Waals surface area contributed by atoms with E-state index in [0.717, 1.165) is 0 Å². The molecule has 1 saturated heterocycles. The van der Waals surface area contributed by atoms with E-state index in [4.69, 9.17) is 0 Å². The smallest absolute Gasteiger partial charge is 0.264 e. The monoisotopic (exact) mass is 265 g/mol. The second kappa shape index (κ2) is 5.13. The van der Waals surface area contributed by atoms with Gasteiger partial charge in [-0.2, -0.15) is 0 Å². The number of hydrogen-bond acceptors (Lipinski definition) is 4. The number of nitrogens with zero attached hydrogens (tertiary/aromatic N) is 2. The first-order chi connectivity index (χ1) is 8.90. The third-order valence-corrected chi connectivity index (χ3v) is 3.33. The van der Waals surface area contributed by atoms with Gasteiger partial charge in [-0.25, -0.2) is 4.98 Å². The third-order valence-electron chi connectivity index (χ3n) is 3.33. The summed E-state index contributed by atoms with van der Waals surface area (Å²) >= 11 is 0. The Hall–Kier alpha value is -1.69. The number of aliphatic hydroxyl groups excluding tert-OH is 1. The lowest BCUT2D eigenvalue weighted by Crippen LogP contribution is -2.35. The van der Waals surface area contributed by atoms with Gasteiger partial charge in [-0.15, -0.1) is 0 Å². The Morgan fingerprint density at radius 2 is 2.21 bits per heavy atom. The highest BCUT2D eigenvalue weighted by Gasteiger charge is 2.28. The number of carbonyl (C=O) groups excluding carboxylic acids is 1. The van der Waals surface area contributed by atoms with Crippen LogP contribution in [0, 0.1) is 6.92 Å². The lowest BCUT2D eigenvalue weighted by atomic mass is 10.1. The number of aryl methyl sites for hydroxylation is 1. The van der Waals surface area contributed by atoms with Gasteiger partial charge in [-0.3, -0.25) is 9.59 Å². The number of hydrogen-bond donors (Lipinski definition) is 2. The zero-order valence-corrected chi connectivity index (χ0v) is 11.4. The maximum absolute atomic E-state index is 12.3. The number of rotatable bonds is 2. The van der Waals surface area contributed by atoms with Gasteiger partial charge in [-0.1, -0.05) is 13.8 Å². The molecule has 1 fully saturated rings. The molecule has 2 rings (SSSR count). The third kappa shape index (κ3) is 2.68. The van der Waals surface area contributed by atoms with Crippen LogP contribution in [-0.4, -0.2) is 45.1 Å². The topological polar surface area (TPSA) is 86.3 Å². The number of amides is 1. The lowest BCUT2D eigenvalue weighted by Gasteiger charge is -2.16. The van der Waals surface area contributed by atoms with Crippen LogP contribution in [0.3, 0.4) is 0 Å². The predicted octanol–water partition coefficient (Wildman–Crippen LogP) is 0.409. The molecule has 6 nitrogen and oxygen atoms in total. The Kier molecular flexibility index (Phi) is 3.71. The van der Waals surface area contributed by atoms with Crippen molar-refractivity contribution in [3.8, 4) is 0 Å². The van der Waals surface area contributed by atoms with Crippen LogP contribution < -0.4 is 5.56 Å². The fraction of sp³-hybridized carbons (Fsp3) is 0.615. The van der Waals surface area contributed by atoms with Crippen molar-refractivity contribution in [3.63, 3.8) is 0 Å². The number of likely N-dealkylation sites (tertiary alicyclic amines) is 1. The summed E-state index contributed by atoms with van der Waals surface area (Å²) in [6.07, 6.45) is 0.0615. The molecule has 1 aromatic rings. The lowest BCUT2D eigenvalue weighted by molar-refractivity contribution is 0.0761. The van der Waals surface area contributed by atoms with Crippen LogP contribution in [0.25, 0.3) is 0 Å². The molecule has 1 aliphatic rings. The highest BCUT2D eigenvalue weighted by atomic mass is 16.3. The Bertz CT molecular complexity index is 551. The van der Waals surface area contributed by atoms with Crippen LogP contribution in [0.5, 0.6) is 0 Å². The fourth-order valence-corrected chi connectivity index (χ4v) is 2.22. The Labute approximate surface area is 111 Å². The molecule has 6 heteroatoms. The molecule has 1 aliphatic heterocycles. The number of aliphatic hydroxyl groups is 1. The van der Waals surface area contributed by atoms with E-state index < -0.39 is 11.7 Å². The summed E-state index contributed by atoms with van der Waals surface area (Å²) < 4.78 is 0. The van der Waals surface area contributed by atoms with Gasteiger partial charge in [0, 0.05) is 19.0 Å². The van der Waals surface area contributed by atoms with Crippen molar-refractivity contribution in [1.82, 2.24) is 14.9 Å². The Morgan fingerprint density at radius 1 is 1.53 bits per heavy atom. The second-order valence-electron chi connectivity index (χ2n) is 5.26. The number of carbonyl (C=O) groups is 1. The molecule has 104 valence electrons. The van der Waals surface area contributed by atoms with Crippen LogP contribution in [0.2, 0.25) is 0 Å². The van der Waals surface area contributed by atoms with Gasteiger partial charge in [0.1, 0.15) is 11.4 Å². The molecule has 2 heterocycles. The molecule has 0 saturated carbocycles. The van der Waals surface area contributed by atoms with Crippen molar-refractivity contribution in [2.75, 3.05) is 13.1 Å². The summed E-state index contributed by atoms with van der Waals surface area (Å²) in [6, 6.07) is 0. The van der Waals surface area contributed by atoms with E-state index in [0.29, 0.717) is 24.5 Å². The van der Waals surface area contributed by atoms with Crippen molar-refractivity contribution in [1.29, 1.82) is 0 Å². The Morgan fingerprint density at radius 3 is 2.68 bits per heavy atom. The van der Waals surface area contributed by atoms with Crippen molar-refractivity contribution in [2.45, 2.75) is 39.2 Å². The summed E-state index contributed by atoms with van der Waals surface area (Å²) in [5, 5.41) is 9.46. The van der Waals surface area contributed by atoms with Crippen LogP contribution in [-0.2, 0) is 0 Å². The average Bonchev–Trinajstić information content (AvgIpc) is 2.74. The van der Waals surface area contributed by atoms with Gasteiger partial charge in [0.2, 0.25) is 0 Å². The van der Waals surface area contributed by atoms with Crippen molar-refractivity contribution in [3.05, 3.63) is 27.4 Å². The summed E-state index contributed by atoms with van der Waals surface area (Å²) in [5.74, 6) is 0.336. The van der Waals surface area contributed by atoms with E-state index >= 15 is 0 Å². The molecule has 0 radical (unpaired) electrons. The molecule has 1 unspecified atom stereocenters. The van der Waals surface area contributed by atoms with E-state index in [9.17, 15) is 14.7 Å². The molecule has 0 aliphatic carbocycles. The van der Waals surface area contributed by atoms with Gasteiger partial charge in [-0.05, 0) is 13.3 Å². The molecule has 0 bridgehead atoms. The molecule has 0 aromatic carbocycles. The van der Waals surface area contributed by atoms with E-state index in [1.54, 1.807) is 6.92 Å². The van der Waals surface area contributed by atoms with Crippen LogP contribution in [0.1, 0.15) is 48.1 Å². The van der Waals surface area contributed by atoms with Gasteiger partial charge in [0.25, 0.3) is 11.5 Å². The first-order valence-corrected chi connectivity index (χ1v) is 6.48. The quantitative estimate of drug-likeness (QED) is 0.811. The molecular formula is C13H19N3O3. The van der Waals surface area contributed by atoms with Gasteiger partial charge in [0.15, 0.2) is 0 Å². The summed E-state index contributed by atoms with van der Waals surface area (Å²) in [6.45, 7) is 6.28. The summed E-state index contributed by atoms with van der Waals surface area (Å²) in [4.78, 5) is 32.7. The minimum Gasteiger partial charge on any atom is -0.391 e. The van der Waals surface area contributed by atoms with Crippen molar-refractivity contribution >= 4 is 5.91 Å². The average molecular weight is 265 g/mol. The van der Waals surface area contributed by atoms with Crippen LogP contribution in [0.15, 0.2) is 4.79 Å². The summed E-state index contributed by atoms with van der Waals surface area (Å²) in [7, 11) is 0. The molecule has 1 aromatic heterocycles. The zero-order chi connectivity index (χ0) is 14.2. The zero-order valence-electron chi connectivity index (χ0n) is 11.4. The maximum atomic E-state index is 12.3. The number of β-amino-alcohol motifs (C(OH)–C–C–N with tert-alkyl or cyclic N) is 1. The van der Waals surface area contributed by atoms with Crippen molar-refractivity contribution in [2.24, 2.45) is 0 Å². The number of aromatic nitrogens is 2. The number of aromatic amines is 1. The minimum atomic E-state index is -0.494. The van der Waals surface area contributed by atoms with Crippen LogP contribution >= 0.6 is 0 Å². The Balaban J connectivity index is 2.35. The molecule has 0 spiro atoms. The molecule has 2 N–H and O–H groups in total. The van der Waals surface area contributed by atoms with E-state index in [-0.39, 0.29) is 23.9 Å². The highest BCUT2D eigenvalue weighted by Crippen LogP contribution is 2.14. The van der Waals surface area contributed by atoms with Gasteiger partial charge in [0.05, 0.1) is 11.8 Å². The standard InChI is InChI=1S/C13H19N3O3/c1-7(2)11-14-8(3)10(12(18)15-11)13(19)16-5-4-9(17)6-16/h7,9,17H,4-6H2,1-3H3,(H,14,15,18). The normalized spacial score (nSPS) is 19.2. The predicted molar refractivity (Wildman–Crippen MR) is 70.2 cm³/mol. The number of H-pyrrole nitrogens is 1. The molecule has 19 heavy (non-hydrogen) atoms. The fourth-order valence-electron chi connectivity index (χ4n) is 2.22. The number of nitrogens with one attached hydrogen (secondary N) is 1. The van der Waals surface area contributed by atoms with E-state index in [2.05, 4.69) is 9.97 Å². The van der Waals surface area contributed by atoms with Gasteiger partial charge >= 0.3 is 0 Å². The van der Waals surface area contributed by atoms with E-state index in [1.807, 2.05) is 13.8 Å². The molecule has 1 amide bonds.